The van der Waals surface area contributed by atoms with E-state index in [0.717, 1.165) is 5.56 Å². The Morgan fingerprint density at radius 3 is 2.54 bits per heavy atom. The summed E-state index contributed by atoms with van der Waals surface area (Å²) >= 11 is 0. The minimum atomic E-state index is -0.269. The van der Waals surface area contributed by atoms with E-state index in [1.165, 1.54) is 11.5 Å². The summed E-state index contributed by atoms with van der Waals surface area (Å²) in [5, 5.41) is 3.55. The molecule has 0 saturated carbocycles. The smallest absolute Gasteiger partial charge is 0.253 e. The Balaban J connectivity index is 1.93. The molecule has 0 fully saturated rings. The lowest BCUT2D eigenvalue weighted by molar-refractivity contribution is 0.0941. The van der Waals surface area contributed by atoms with Crippen LogP contribution in [0, 0.1) is 0 Å². The zero-order valence-corrected chi connectivity index (χ0v) is 14.9. The number of nitrogens with zero attached hydrogens (tertiary/aromatic N) is 1. The maximum Gasteiger partial charge on any atom is 0.253 e. The van der Waals surface area contributed by atoms with Crippen LogP contribution in [0.5, 0.6) is 11.5 Å². The second-order valence-corrected chi connectivity index (χ2v) is 5.81. The molecule has 3 aromatic rings. The zero-order chi connectivity index (χ0) is 18.7. The van der Waals surface area contributed by atoms with Gasteiger partial charge in [0.2, 0.25) is 5.91 Å². The second kappa shape index (κ2) is 7.31. The van der Waals surface area contributed by atoms with Gasteiger partial charge in [0.1, 0.15) is 11.5 Å². The van der Waals surface area contributed by atoms with Crippen LogP contribution in [0.15, 0.2) is 48.7 Å². The topological polar surface area (TPSA) is 69.6 Å². The summed E-state index contributed by atoms with van der Waals surface area (Å²) in [6.45, 7) is 1.78. The van der Waals surface area contributed by atoms with Crippen molar-refractivity contribution >= 4 is 22.7 Å². The lowest BCUT2D eigenvalue weighted by atomic mass is 10.1. The van der Waals surface area contributed by atoms with E-state index in [1.54, 1.807) is 38.6 Å². The highest BCUT2D eigenvalue weighted by Crippen LogP contribution is 2.26. The summed E-state index contributed by atoms with van der Waals surface area (Å²) in [6, 6.07) is 12.8. The van der Waals surface area contributed by atoms with Crippen LogP contribution < -0.4 is 14.8 Å². The molecule has 26 heavy (non-hydrogen) atoms. The van der Waals surface area contributed by atoms with Crippen molar-refractivity contribution in [1.82, 2.24) is 9.88 Å². The molecule has 1 amide bonds. The van der Waals surface area contributed by atoms with Crippen LogP contribution in [0.4, 0.5) is 0 Å². The van der Waals surface area contributed by atoms with Gasteiger partial charge in [0.25, 0.3) is 5.91 Å². The quantitative estimate of drug-likeness (QED) is 0.765. The highest BCUT2D eigenvalue weighted by atomic mass is 16.5. The van der Waals surface area contributed by atoms with Crippen LogP contribution in [0.2, 0.25) is 0 Å². The molecule has 1 aromatic heterocycles. The average molecular weight is 352 g/mol. The highest BCUT2D eigenvalue weighted by Gasteiger charge is 2.18. The normalized spacial score (nSPS) is 10.6. The summed E-state index contributed by atoms with van der Waals surface area (Å²) in [5.74, 6) is 0.899. The summed E-state index contributed by atoms with van der Waals surface area (Å²) in [5.41, 5.74) is 1.96. The van der Waals surface area contributed by atoms with Crippen molar-refractivity contribution in [2.45, 2.75) is 13.5 Å². The number of benzene rings is 2. The maximum atomic E-state index is 12.7. The molecule has 6 nitrogen and oxygen atoms in total. The Hall–Kier alpha value is -3.28. The lowest BCUT2D eigenvalue weighted by Gasteiger charge is -2.09. The van der Waals surface area contributed by atoms with Gasteiger partial charge in [-0.2, -0.15) is 0 Å². The summed E-state index contributed by atoms with van der Waals surface area (Å²) < 4.78 is 12.0. The standard InChI is InChI=1S/C20H20N2O4/c1-13(23)22-12-17(16-10-15(25-2)8-9-18(16)22)20(24)21-11-14-6-4-5-7-19(14)26-3/h4-10,12H,11H2,1-3H3,(H,21,24). The molecule has 0 aliphatic heterocycles. The summed E-state index contributed by atoms with van der Waals surface area (Å²) in [6.07, 6.45) is 1.56. The van der Waals surface area contributed by atoms with E-state index in [0.29, 0.717) is 34.5 Å². The number of hydrogen-bond donors (Lipinski definition) is 1. The number of aromatic nitrogens is 1. The molecular formula is C20H20N2O4. The second-order valence-electron chi connectivity index (χ2n) is 5.81. The first-order chi connectivity index (χ1) is 12.5. The number of amides is 1. The third kappa shape index (κ3) is 3.26. The maximum absolute atomic E-state index is 12.7. The molecule has 1 heterocycles. The molecule has 0 saturated heterocycles. The van der Waals surface area contributed by atoms with Crippen molar-refractivity contribution in [3.8, 4) is 11.5 Å². The van der Waals surface area contributed by atoms with Crippen molar-refractivity contribution in [3.05, 3.63) is 59.8 Å². The van der Waals surface area contributed by atoms with Crippen LogP contribution >= 0.6 is 0 Å². The monoisotopic (exact) mass is 352 g/mol. The van der Waals surface area contributed by atoms with E-state index >= 15 is 0 Å². The zero-order valence-electron chi connectivity index (χ0n) is 14.9. The number of rotatable bonds is 5. The average Bonchev–Trinajstić information content (AvgIpc) is 3.05. The van der Waals surface area contributed by atoms with Gasteiger partial charge in [0.05, 0.1) is 25.3 Å². The van der Waals surface area contributed by atoms with Gasteiger partial charge in [-0.05, 0) is 24.3 Å². The van der Waals surface area contributed by atoms with Gasteiger partial charge in [-0.25, -0.2) is 0 Å². The molecule has 6 heteroatoms. The Bertz CT molecular complexity index is 975. The first-order valence-electron chi connectivity index (χ1n) is 8.15. The molecule has 0 bridgehead atoms. The van der Waals surface area contributed by atoms with Crippen molar-refractivity contribution < 1.29 is 19.1 Å². The number of para-hydroxylation sites is 1. The molecule has 2 aromatic carbocycles. The van der Waals surface area contributed by atoms with E-state index in [2.05, 4.69) is 5.32 Å². The molecule has 0 spiro atoms. The number of fused-ring (bicyclic) bond motifs is 1. The third-order valence-electron chi connectivity index (χ3n) is 4.23. The van der Waals surface area contributed by atoms with E-state index in [1.807, 2.05) is 24.3 Å². The van der Waals surface area contributed by atoms with E-state index in [9.17, 15) is 9.59 Å². The lowest BCUT2D eigenvalue weighted by Crippen LogP contribution is -2.23. The van der Waals surface area contributed by atoms with Gasteiger partial charge >= 0.3 is 0 Å². The fourth-order valence-electron chi connectivity index (χ4n) is 2.90. The van der Waals surface area contributed by atoms with E-state index < -0.39 is 0 Å². The number of nitrogens with one attached hydrogen (secondary N) is 1. The molecule has 0 atom stereocenters. The van der Waals surface area contributed by atoms with Gasteiger partial charge in [0, 0.05) is 30.6 Å². The Morgan fingerprint density at radius 2 is 1.85 bits per heavy atom. The van der Waals surface area contributed by atoms with Gasteiger partial charge in [0.15, 0.2) is 0 Å². The Kier molecular flexibility index (Phi) is 4.93. The molecule has 0 aliphatic carbocycles. The van der Waals surface area contributed by atoms with Crippen molar-refractivity contribution in [3.63, 3.8) is 0 Å². The minimum absolute atomic E-state index is 0.163. The fraction of sp³-hybridized carbons (Fsp3) is 0.200. The molecule has 1 N–H and O–H groups in total. The Morgan fingerprint density at radius 1 is 1.08 bits per heavy atom. The number of carbonyl (C=O) groups excluding carboxylic acids is 2. The van der Waals surface area contributed by atoms with Gasteiger partial charge in [-0.1, -0.05) is 18.2 Å². The van der Waals surface area contributed by atoms with Crippen molar-refractivity contribution in [2.75, 3.05) is 14.2 Å². The largest absolute Gasteiger partial charge is 0.497 e. The molecule has 0 unspecified atom stereocenters. The van der Waals surface area contributed by atoms with Crippen LogP contribution in [0.3, 0.4) is 0 Å². The van der Waals surface area contributed by atoms with Gasteiger partial charge in [-0.15, -0.1) is 0 Å². The summed E-state index contributed by atoms with van der Waals surface area (Å²) in [4.78, 5) is 24.6. The number of carbonyl (C=O) groups is 2. The van der Waals surface area contributed by atoms with E-state index in [4.69, 9.17) is 9.47 Å². The van der Waals surface area contributed by atoms with E-state index in [-0.39, 0.29) is 11.8 Å². The first-order valence-corrected chi connectivity index (χ1v) is 8.15. The predicted molar refractivity (Wildman–Crippen MR) is 99.0 cm³/mol. The molecular weight excluding hydrogens is 332 g/mol. The number of methoxy groups -OCH3 is 2. The predicted octanol–water partition coefficient (Wildman–Crippen LogP) is 3.25. The van der Waals surface area contributed by atoms with Gasteiger partial charge < -0.3 is 14.8 Å². The third-order valence-corrected chi connectivity index (χ3v) is 4.23. The Labute approximate surface area is 151 Å². The number of hydrogen-bond acceptors (Lipinski definition) is 4. The molecule has 0 aliphatic rings. The van der Waals surface area contributed by atoms with Crippen LogP contribution in [0.25, 0.3) is 10.9 Å². The van der Waals surface area contributed by atoms with Gasteiger partial charge in [-0.3, -0.25) is 14.2 Å². The highest BCUT2D eigenvalue weighted by molar-refractivity contribution is 6.09. The summed E-state index contributed by atoms with van der Waals surface area (Å²) in [7, 11) is 3.15. The van der Waals surface area contributed by atoms with Crippen LogP contribution in [-0.4, -0.2) is 30.6 Å². The number of ether oxygens (including phenoxy) is 2. The fourth-order valence-corrected chi connectivity index (χ4v) is 2.90. The molecule has 134 valence electrons. The van der Waals surface area contributed by atoms with Crippen molar-refractivity contribution in [1.29, 1.82) is 0 Å². The molecule has 0 radical (unpaired) electrons. The SMILES string of the molecule is COc1ccc2c(c1)c(C(=O)NCc1ccccc1OC)cn2C(C)=O. The molecule has 3 rings (SSSR count). The minimum Gasteiger partial charge on any atom is -0.497 e. The van der Waals surface area contributed by atoms with Crippen LogP contribution in [-0.2, 0) is 6.54 Å². The van der Waals surface area contributed by atoms with Crippen LogP contribution in [0.1, 0.15) is 27.6 Å². The first kappa shape index (κ1) is 17.5. The van der Waals surface area contributed by atoms with Crippen molar-refractivity contribution in [2.24, 2.45) is 0 Å².